The third-order valence-corrected chi connectivity index (χ3v) is 8.30. The maximum Gasteiger partial charge on any atom is 0.257 e. The Balaban J connectivity index is 0.000000240. The number of methoxy groups -OCH3 is 1. The summed E-state index contributed by atoms with van der Waals surface area (Å²) in [5.74, 6) is -2.91. The van der Waals surface area contributed by atoms with Crippen LogP contribution in [-0.4, -0.2) is 107 Å². The Kier molecular flexibility index (Phi) is 13.6. The summed E-state index contributed by atoms with van der Waals surface area (Å²) in [6.07, 6.45) is 6.00. The highest BCUT2D eigenvalue weighted by molar-refractivity contribution is 5.11. The Labute approximate surface area is 216 Å². The minimum atomic E-state index is -2.30. The van der Waals surface area contributed by atoms with Crippen LogP contribution in [0.15, 0.2) is 0 Å². The van der Waals surface area contributed by atoms with Crippen LogP contribution in [0.4, 0.5) is 8.78 Å². The van der Waals surface area contributed by atoms with Gasteiger partial charge in [0.15, 0.2) is 0 Å². The lowest BCUT2D eigenvalue weighted by Crippen LogP contribution is -2.69. The maximum absolute atomic E-state index is 12.4. The number of halogens is 2. The SMILES string of the molecule is CC.CC.CC.CN1CC2(CNC2)C1.CN1CC2C(C1)C2(F)F.COC1CC2(CCN(C)CC2)C1. The average molecular weight is 505 g/mol. The van der Waals surface area contributed by atoms with E-state index in [4.69, 9.17) is 4.74 Å². The monoisotopic (exact) mass is 504 g/mol. The molecule has 210 valence electrons. The second kappa shape index (κ2) is 14.6. The van der Waals surface area contributed by atoms with Crippen molar-refractivity contribution in [3.8, 4) is 0 Å². The predicted octanol–water partition coefficient (Wildman–Crippen LogP) is 4.92. The van der Waals surface area contributed by atoms with Gasteiger partial charge in [-0.3, -0.25) is 0 Å². The molecular formula is C28H58F2N4O. The summed E-state index contributed by atoms with van der Waals surface area (Å²) in [7, 11) is 8.14. The second-order valence-electron chi connectivity index (χ2n) is 11.0. The summed E-state index contributed by atoms with van der Waals surface area (Å²) in [5, 5.41) is 3.30. The van der Waals surface area contributed by atoms with Crippen molar-refractivity contribution in [2.45, 2.75) is 79.3 Å². The summed E-state index contributed by atoms with van der Waals surface area (Å²) in [4.78, 5) is 6.78. The number of ether oxygens (including phenoxy) is 1. The molecule has 4 heterocycles. The van der Waals surface area contributed by atoms with Crippen molar-refractivity contribution in [1.82, 2.24) is 20.0 Å². The first kappa shape index (κ1) is 32.7. The summed E-state index contributed by atoms with van der Waals surface area (Å²) in [5.41, 5.74) is 1.42. The molecule has 0 aromatic heterocycles. The molecule has 7 heteroatoms. The van der Waals surface area contributed by atoms with Gasteiger partial charge in [0.1, 0.15) is 0 Å². The minimum absolute atomic E-state index is 0.303. The van der Waals surface area contributed by atoms with Crippen LogP contribution in [-0.2, 0) is 4.74 Å². The van der Waals surface area contributed by atoms with Crippen molar-refractivity contribution in [2.24, 2.45) is 22.7 Å². The molecule has 1 N–H and O–H groups in total. The third kappa shape index (κ3) is 8.33. The van der Waals surface area contributed by atoms with Crippen LogP contribution in [0.25, 0.3) is 0 Å². The molecule has 2 atom stereocenters. The number of hydrogen-bond acceptors (Lipinski definition) is 5. The lowest BCUT2D eigenvalue weighted by atomic mass is 9.61. The maximum atomic E-state index is 12.4. The third-order valence-electron chi connectivity index (χ3n) is 8.30. The largest absolute Gasteiger partial charge is 0.381 e. The molecule has 6 fully saturated rings. The van der Waals surface area contributed by atoms with Crippen molar-refractivity contribution in [3.63, 3.8) is 0 Å². The number of rotatable bonds is 1. The van der Waals surface area contributed by atoms with E-state index in [0.717, 1.165) is 5.41 Å². The van der Waals surface area contributed by atoms with E-state index in [0.29, 0.717) is 24.6 Å². The molecule has 6 aliphatic rings. The summed E-state index contributed by atoms with van der Waals surface area (Å²) in [6, 6.07) is 0. The highest BCUT2D eigenvalue weighted by Gasteiger charge is 2.70. The number of nitrogens with one attached hydrogen (secondary N) is 1. The van der Waals surface area contributed by atoms with Gasteiger partial charge in [0.05, 0.1) is 6.10 Å². The number of fused-ring (bicyclic) bond motifs is 1. The molecule has 0 amide bonds. The van der Waals surface area contributed by atoms with Gasteiger partial charge in [-0.15, -0.1) is 0 Å². The Bertz CT molecular complexity index is 542. The van der Waals surface area contributed by atoms with E-state index in [-0.39, 0.29) is 11.8 Å². The molecule has 2 unspecified atom stereocenters. The number of nitrogens with zero attached hydrogens (tertiary/aromatic N) is 3. The topological polar surface area (TPSA) is 31.0 Å². The lowest BCUT2D eigenvalue weighted by molar-refractivity contribution is -0.0852. The average Bonchev–Trinajstić information content (AvgIpc) is 3.12. The van der Waals surface area contributed by atoms with Gasteiger partial charge in [0.25, 0.3) is 5.92 Å². The molecule has 0 radical (unpaired) electrons. The van der Waals surface area contributed by atoms with Crippen LogP contribution in [0.2, 0.25) is 0 Å². The first-order valence-electron chi connectivity index (χ1n) is 14.3. The number of alkyl halides is 2. The fraction of sp³-hybridized carbons (Fsp3) is 1.00. The van der Waals surface area contributed by atoms with Gasteiger partial charge in [-0.25, -0.2) is 8.78 Å². The van der Waals surface area contributed by atoms with E-state index in [2.05, 4.69) is 29.2 Å². The smallest absolute Gasteiger partial charge is 0.257 e. The molecule has 0 bridgehead atoms. The van der Waals surface area contributed by atoms with E-state index in [1.54, 1.807) is 0 Å². The molecule has 5 nitrogen and oxygen atoms in total. The first-order valence-corrected chi connectivity index (χ1v) is 14.3. The Morgan fingerprint density at radius 1 is 0.714 bits per heavy atom. The van der Waals surface area contributed by atoms with Crippen molar-refractivity contribution in [2.75, 3.05) is 80.6 Å². The van der Waals surface area contributed by atoms with Crippen molar-refractivity contribution in [3.05, 3.63) is 0 Å². The van der Waals surface area contributed by atoms with E-state index in [9.17, 15) is 8.78 Å². The quantitative estimate of drug-likeness (QED) is 0.548. The number of likely N-dealkylation sites (tertiary alicyclic amines) is 3. The lowest BCUT2D eigenvalue weighted by Gasteiger charge is -2.55. The van der Waals surface area contributed by atoms with Crippen LogP contribution in [0, 0.1) is 22.7 Å². The van der Waals surface area contributed by atoms with E-state index in [1.165, 1.54) is 65.0 Å². The molecule has 2 spiro atoms. The van der Waals surface area contributed by atoms with Gasteiger partial charge < -0.3 is 24.8 Å². The molecule has 2 aliphatic carbocycles. The first-order chi connectivity index (χ1) is 16.7. The summed E-state index contributed by atoms with van der Waals surface area (Å²) < 4.78 is 30.1. The van der Waals surface area contributed by atoms with Crippen LogP contribution in [0.5, 0.6) is 0 Å². The molecule has 4 aliphatic heterocycles. The van der Waals surface area contributed by atoms with E-state index in [1.807, 2.05) is 60.6 Å². The van der Waals surface area contributed by atoms with Gasteiger partial charge in [-0.05, 0) is 65.3 Å². The Morgan fingerprint density at radius 2 is 1.17 bits per heavy atom. The predicted molar refractivity (Wildman–Crippen MR) is 145 cm³/mol. The summed E-state index contributed by atoms with van der Waals surface area (Å²) >= 11 is 0. The van der Waals surface area contributed by atoms with Crippen LogP contribution in [0.3, 0.4) is 0 Å². The number of hydrogen-bond donors (Lipinski definition) is 1. The van der Waals surface area contributed by atoms with Gasteiger partial charge in [0, 0.05) is 63.6 Å². The van der Waals surface area contributed by atoms with E-state index >= 15 is 0 Å². The van der Waals surface area contributed by atoms with Crippen LogP contribution >= 0.6 is 0 Å². The van der Waals surface area contributed by atoms with Gasteiger partial charge in [-0.2, -0.15) is 0 Å². The van der Waals surface area contributed by atoms with Gasteiger partial charge >= 0.3 is 0 Å². The minimum Gasteiger partial charge on any atom is -0.381 e. The standard InChI is InChI=1S/C10H19NO.C6H9F2N.C6H12N2.3C2H6/c1-11-5-3-10(4-6-11)7-9(8-10)12-2;1-9-2-4-5(3-9)6(4,7)8;1-8-4-6(5-8)2-7-3-6;3*1-2/h9H,3-8H2,1-2H3;4-5H,2-3H2,1H3;7H,2-5H2,1H3;3*1-2H3. The van der Waals surface area contributed by atoms with Crippen molar-refractivity contribution >= 4 is 0 Å². The molecule has 35 heavy (non-hydrogen) atoms. The van der Waals surface area contributed by atoms with Crippen molar-refractivity contribution < 1.29 is 13.5 Å². The fourth-order valence-electron chi connectivity index (χ4n) is 6.08. The zero-order valence-electron chi connectivity index (χ0n) is 24.7. The molecular weight excluding hydrogens is 446 g/mol. The molecule has 6 rings (SSSR count). The fourth-order valence-corrected chi connectivity index (χ4v) is 6.08. The Morgan fingerprint density at radius 3 is 1.46 bits per heavy atom. The second-order valence-corrected chi connectivity index (χ2v) is 11.0. The summed E-state index contributed by atoms with van der Waals surface area (Å²) in [6.45, 7) is 20.9. The Hall–Kier alpha value is -0.340. The normalized spacial score (nSPS) is 32.4. The highest BCUT2D eigenvalue weighted by atomic mass is 19.3. The molecule has 4 saturated heterocycles. The van der Waals surface area contributed by atoms with Gasteiger partial charge in [0.2, 0.25) is 0 Å². The highest BCUT2D eigenvalue weighted by Crippen LogP contribution is 2.58. The number of piperidine rings is 2. The van der Waals surface area contributed by atoms with Crippen LogP contribution < -0.4 is 5.32 Å². The van der Waals surface area contributed by atoms with Gasteiger partial charge in [-0.1, -0.05) is 41.5 Å². The van der Waals surface area contributed by atoms with E-state index < -0.39 is 5.92 Å². The molecule has 0 aromatic rings. The zero-order chi connectivity index (χ0) is 26.9. The molecule has 0 aromatic carbocycles. The zero-order valence-corrected chi connectivity index (χ0v) is 24.7. The van der Waals surface area contributed by atoms with Crippen LogP contribution in [0.1, 0.15) is 67.2 Å². The molecule has 2 saturated carbocycles. The van der Waals surface area contributed by atoms with Crippen molar-refractivity contribution in [1.29, 1.82) is 0 Å².